The number of hydrogen-bond acceptors (Lipinski definition) is 5. The Morgan fingerprint density at radius 2 is 1.88 bits per heavy atom. The zero-order valence-electron chi connectivity index (χ0n) is 14.2. The fraction of sp³-hybridized carbons (Fsp3) is 0.389. The van der Waals surface area contributed by atoms with Gasteiger partial charge in [0.15, 0.2) is 5.13 Å². The van der Waals surface area contributed by atoms with Crippen molar-refractivity contribution in [1.29, 1.82) is 0 Å². The summed E-state index contributed by atoms with van der Waals surface area (Å²) in [5.74, 6) is -0.367. The summed E-state index contributed by atoms with van der Waals surface area (Å²) in [6.07, 6.45) is 4.38. The molecule has 0 radical (unpaired) electrons. The van der Waals surface area contributed by atoms with Crippen LogP contribution in [0.15, 0.2) is 29.8 Å². The summed E-state index contributed by atoms with van der Waals surface area (Å²) in [4.78, 5) is 30.2. The lowest BCUT2D eigenvalue weighted by Crippen LogP contribution is -2.19. The molecule has 1 aromatic carbocycles. The number of anilines is 3. The van der Waals surface area contributed by atoms with Gasteiger partial charge in [-0.25, -0.2) is 4.98 Å². The Morgan fingerprint density at radius 3 is 2.52 bits per heavy atom. The minimum absolute atomic E-state index is 0.135. The molecule has 0 atom stereocenters. The van der Waals surface area contributed by atoms with E-state index < -0.39 is 0 Å². The third-order valence-electron chi connectivity index (χ3n) is 4.19. The van der Waals surface area contributed by atoms with E-state index in [1.54, 1.807) is 11.6 Å². The van der Waals surface area contributed by atoms with Gasteiger partial charge in [-0.05, 0) is 43.5 Å². The van der Waals surface area contributed by atoms with Crippen molar-refractivity contribution in [3.63, 3.8) is 0 Å². The van der Waals surface area contributed by atoms with Crippen molar-refractivity contribution in [3.8, 4) is 0 Å². The van der Waals surface area contributed by atoms with E-state index in [9.17, 15) is 9.59 Å². The van der Waals surface area contributed by atoms with Gasteiger partial charge in [0.05, 0.1) is 0 Å². The van der Waals surface area contributed by atoms with Crippen molar-refractivity contribution < 1.29 is 9.59 Å². The van der Waals surface area contributed by atoms with Crippen LogP contribution in [0.1, 0.15) is 31.2 Å². The van der Waals surface area contributed by atoms with Gasteiger partial charge in [-0.15, -0.1) is 11.3 Å². The molecule has 0 spiro atoms. The number of benzene rings is 1. The molecule has 2 N–H and O–H groups in total. The number of aromatic nitrogens is 1. The van der Waals surface area contributed by atoms with Crippen LogP contribution >= 0.6 is 11.3 Å². The highest BCUT2D eigenvalue weighted by Crippen LogP contribution is 2.26. The first-order chi connectivity index (χ1) is 12.1. The minimum atomic E-state index is -0.203. The predicted octanol–water partition coefficient (Wildman–Crippen LogP) is 3.41. The zero-order valence-corrected chi connectivity index (χ0v) is 15.1. The summed E-state index contributed by atoms with van der Waals surface area (Å²) in [5, 5.41) is 7.88. The summed E-state index contributed by atoms with van der Waals surface area (Å²) in [7, 11) is 0. The number of rotatable bonds is 6. The molecular weight excluding hydrogens is 336 g/mol. The van der Waals surface area contributed by atoms with Crippen LogP contribution in [0.5, 0.6) is 0 Å². The topological polar surface area (TPSA) is 74.3 Å². The third-order valence-corrected chi connectivity index (χ3v) is 4.87. The first-order valence-corrected chi connectivity index (χ1v) is 9.34. The fourth-order valence-electron chi connectivity index (χ4n) is 2.96. The highest BCUT2D eigenvalue weighted by atomic mass is 32.1. The molecule has 0 bridgehead atoms. The van der Waals surface area contributed by atoms with Crippen LogP contribution in [-0.4, -0.2) is 29.9 Å². The Bertz CT molecular complexity index is 740. The van der Waals surface area contributed by atoms with Gasteiger partial charge in [0, 0.05) is 48.9 Å². The summed E-state index contributed by atoms with van der Waals surface area (Å²) >= 11 is 1.35. The molecular formula is C18H22N4O2S. The highest BCUT2D eigenvalue weighted by Gasteiger charge is 2.15. The van der Waals surface area contributed by atoms with E-state index in [-0.39, 0.29) is 24.7 Å². The van der Waals surface area contributed by atoms with Crippen LogP contribution in [0.3, 0.4) is 0 Å². The molecule has 25 heavy (non-hydrogen) atoms. The summed E-state index contributed by atoms with van der Waals surface area (Å²) in [5.41, 5.74) is 3.16. The number of nitrogens with zero attached hydrogens (tertiary/aromatic N) is 2. The fourth-order valence-corrected chi connectivity index (χ4v) is 3.51. The molecule has 1 saturated heterocycles. The Morgan fingerprint density at radius 1 is 1.16 bits per heavy atom. The summed E-state index contributed by atoms with van der Waals surface area (Å²) < 4.78 is 0. The van der Waals surface area contributed by atoms with Gasteiger partial charge in [0.1, 0.15) is 0 Å². The molecule has 0 aliphatic carbocycles. The van der Waals surface area contributed by atoms with Crippen molar-refractivity contribution >= 4 is 39.7 Å². The number of carbonyl (C=O) groups excluding carboxylic acids is 2. The molecule has 1 aliphatic rings. The van der Waals surface area contributed by atoms with Gasteiger partial charge in [-0.2, -0.15) is 0 Å². The molecule has 1 aromatic heterocycles. The van der Waals surface area contributed by atoms with Gasteiger partial charge < -0.3 is 15.5 Å². The molecule has 3 rings (SSSR count). The average molecular weight is 358 g/mol. The maximum atomic E-state index is 12.1. The number of aryl methyl sites for hydroxylation is 1. The monoisotopic (exact) mass is 358 g/mol. The van der Waals surface area contributed by atoms with Gasteiger partial charge >= 0.3 is 0 Å². The van der Waals surface area contributed by atoms with Gasteiger partial charge in [0.2, 0.25) is 11.8 Å². The summed E-state index contributed by atoms with van der Waals surface area (Å²) in [6, 6.07) is 5.97. The molecule has 0 unspecified atom stereocenters. The molecule has 0 saturated carbocycles. The predicted molar refractivity (Wildman–Crippen MR) is 101 cm³/mol. The zero-order chi connectivity index (χ0) is 17.6. The molecule has 2 amide bonds. The quantitative estimate of drug-likeness (QED) is 0.830. The average Bonchev–Trinajstić information content (AvgIpc) is 3.27. The maximum absolute atomic E-state index is 12.1. The SMILES string of the molecule is Cc1cc(NC(=O)CCC(=O)Nc2nccs2)ccc1N1CCCC1. The van der Waals surface area contributed by atoms with E-state index in [4.69, 9.17) is 0 Å². The van der Waals surface area contributed by atoms with E-state index >= 15 is 0 Å². The minimum Gasteiger partial charge on any atom is -0.371 e. The van der Waals surface area contributed by atoms with Gasteiger partial charge in [-0.1, -0.05) is 0 Å². The van der Waals surface area contributed by atoms with Crippen molar-refractivity contribution in [2.45, 2.75) is 32.6 Å². The molecule has 1 fully saturated rings. The van der Waals surface area contributed by atoms with Gasteiger partial charge in [0.25, 0.3) is 0 Å². The first-order valence-electron chi connectivity index (χ1n) is 8.46. The molecule has 2 aromatic rings. The number of thiazole rings is 1. The van der Waals surface area contributed by atoms with E-state index in [0.29, 0.717) is 5.13 Å². The van der Waals surface area contributed by atoms with Crippen LogP contribution in [0, 0.1) is 6.92 Å². The van der Waals surface area contributed by atoms with Crippen molar-refractivity contribution in [2.75, 3.05) is 28.6 Å². The van der Waals surface area contributed by atoms with E-state index in [0.717, 1.165) is 24.3 Å². The maximum Gasteiger partial charge on any atom is 0.226 e. The largest absolute Gasteiger partial charge is 0.371 e. The smallest absolute Gasteiger partial charge is 0.226 e. The lowest BCUT2D eigenvalue weighted by molar-refractivity contribution is -0.121. The standard InChI is InChI=1S/C18H22N4O2S/c1-13-12-14(4-5-15(13)22-9-2-3-10-22)20-16(23)6-7-17(24)21-18-19-8-11-25-18/h4-5,8,11-12H,2-3,6-7,9-10H2,1H3,(H,20,23)(H,19,21,24). The van der Waals surface area contributed by atoms with Crippen LogP contribution in [-0.2, 0) is 9.59 Å². The lowest BCUT2D eigenvalue weighted by Gasteiger charge is -2.20. The Kier molecular flexibility index (Phi) is 5.65. The van der Waals surface area contributed by atoms with Crippen LogP contribution in [0.25, 0.3) is 0 Å². The second kappa shape index (κ2) is 8.11. The highest BCUT2D eigenvalue weighted by molar-refractivity contribution is 7.13. The lowest BCUT2D eigenvalue weighted by atomic mass is 10.1. The molecule has 132 valence electrons. The molecule has 1 aliphatic heterocycles. The number of carbonyl (C=O) groups is 2. The van der Waals surface area contributed by atoms with Crippen LogP contribution in [0.2, 0.25) is 0 Å². The summed E-state index contributed by atoms with van der Waals surface area (Å²) in [6.45, 7) is 4.26. The van der Waals surface area contributed by atoms with E-state index in [1.165, 1.54) is 29.9 Å². The Balaban J connectivity index is 1.49. The van der Waals surface area contributed by atoms with Crippen LogP contribution in [0.4, 0.5) is 16.5 Å². The van der Waals surface area contributed by atoms with E-state index in [1.807, 2.05) is 12.1 Å². The van der Waals surface area contributed by atoms with Crippen LogP contribution < -0.4 is 15.5 Å². The van der Waals surface area contributed by atoms with Crippen molar-refractivity contribution in [1.82, 2.24) is 4.98 Å². The van der Waals surface area contributed by atoms with Crippen molar-refractivity contribution in [2.24, 2.45) is 0 Å². The van der Waals surface area contributed by atoms with Gasteiger partial charge in [-0.3, -0.25) is 9.59 Å². The Labute approximate surface area is 151 Å². The van der Waals surface area contributed by atoms with E-state index in [2.05, 4.69) is 33.5 Å². The number of hydrogen-bond donors (Lipinski definition) is 2. The molecule has 2 heterocycles. The van der Waals surface area contributed by atoms with Crippen molar-refractivity contribution in [3.05, 3.63) is 35.3 Å². The first kappa shape index (κ1) is 17.4. The third kappa shape index (κ3) is 4.79. The normalized spacial score (nSPS) is 13.7. The Hall–Kier alpha value is -2.41. The number of amides is 2. The number of nitrogens with one attached hydrogen (secondary N) is 2. The second-order valence-corrected chi connectivity index (χ2v) is 7.02. The molecule has 7 heteroatoms. The molecule has 6 nitrogen and oxygen atoms in total. The second-order valence-electron chi connectivity index (χ2n) is 6.13.